The number of hydrogen-bond acceptors (Lipinski definition) is 1. The molecular weight excluding hydrogens is 236 g/mol. The summed E-state index contributed by atoms with van der Waals surface area (Å²) in [4.78, 5) is 0. The zero-order valence-corrected chi connectivity index (χ0v) is 14.7. The predicted octanol–water partition coefficient (Wildman–Crippen LogP) is 5.76. The van der Waals surface area contributed by atoms with Gasteiger partial charge in [0.2, 0.25) is 0 Å². The van der Waals surface area contributed by atoms with Crippen molar-refractivity contribution in [3.05, 3.63) is 0 Å². The summed E-state index contributed by atoms with van der Waals surface area (Å²) < 4.78 is 6.86. The molecule has 1 aliphatic carbocycles. The van der Waals surface area contributed by atoms with Crippen LogP contribution in [-0.2, 0) is 4.43 Å². The van der Waals surface area contributed by atoms with Crippen LogP contribution in [0.1, 0.15) is 73.1 Å². The van der Waals surface area contributed by atoms with Crippen molar-refractivity contribution < 1.29 is 4.43 Å². The zero-order valence-electron chi connectivity index (χ0n) is 13.7. The van der Waals surface area contributed by atoms with Gasteiger partial charge in [-0.15, -0.1) is 0 Å². The molecule has 0 saturated heterocycles. The van der Waals surface area contributed by atoms with Crippen LogP contribution in [0, 0.1) is 5.92 Å². The summed E-state index contributed by atoms with van der Waals surface area (Å²) in [6.07, 6.45) is 7.79. The Morgan fingerprint density at radius 2 is 1.67 bits per heavy atom. The monoisotopic (exact) mass is 270 g/mol. The maximum atomic E-state index is 6.86. The van der Waals surface area contributed by atoms with Crippen LogP contribution in [0.15, 0.2) is 0 Å². The van der Waals surface area contributed by atoms with Crippen LogP contribution in [0.2, 0.25) is 18.1 Å². The molecule has 1 saturated carbocycles. The molecule has 18 heavy (non-hydrogen) atoms. The Morgan fingerprint density at radius 1 is 1.17 bits per heavy atom. The molecule has 1 rings (SSSR count). The molecule has 0 amide bonds. The maximum Gasteiger partial charge on any atom is 0.192 e. The van der Waals surface area contributed by atoms with E-state index in [0.717, 1.165) is 5.92 Å². The number of hydrogen-bond donors (Lipinski definition) is 0. The van der Waals surface area contributed by atoms with Crippen molar-refractivity contribution in [3.63, 3.8) is 0 Å². The lowest BCUT2D eigenvalue weighted by Gasteiger charge is -2.48. The lowest BCUT2D eigenvalue weighted by Crippen LogP contribution is -2.51. The van der Waals surface area contributed by atoms with Crippen molar-refractivity contribution in [2.75, 3.05) is 0 Å². The van der Waals surface area contributed by atoms with Gasteiger partial charge in [0.15, 0.2) is 8.32 Å². The van der Waals surface area contributed by atoms with E-state index in [1.165, 1.54) is 38.5 Å². The van der Waals surface area contributed by atoms with E-state index in [1.54, 1.807) is 0 Å². The summed E-state index contributed by atoms with van der Waals surface area (Å²) in [5, 5.41) is 0.330. The Hall–Kier alpha value is 0.177. The summed E-state index contributed by atoms with van der Waals surface area (Å²) in [5.41, 5.74) is 0.213. The van der Waals surface area contributed by atoms with Crippen LogP contribution in [-0.4, -0.2) is 13.9 Å². The lowest BCUT2D eigenvalue weighted by molar-refractivity contribution is -0.00292. The van der Waals surface area contributed by atoms with Gasteiger partial charge in [-0.2, -0.15) is 0 Å². The minimum atomic E-state index is -1.62. The Bertz CT molecular complexity index is 257. The van der Waals surface area contributed by atoms with E-state index in [0.29, 0.717) is 5.04 Å². The SMILES string of the molecule is CCCC1(O[Si](C)(C)C(C)(C)C)CCC(C)CC1. The smallest absolute Gasteiger partial charge is 0.192 e. The van der Waals surface area contributed by atoms with Crippen LogP contribution in [0.25, 0.3) is 0 Å². The second kappa shape index (κ2) is 5.66. The van der Waals surface area contributed by atoms with Crippen molar-refractivity contribution >= 4 is 8.32 Å². The molecule has 108 valence electrons. The fraction of sp³-hybridized carbons (Fsp3) is 1.00. The molecule has 0 N–H and O–H groups in total. The van der Waals surface area contributed by atoms with Crippen LogP contribution < -0.4 is 0 Å². The largest absolute Gasteiger partial charge is 0.411 e. The van der Waals surface area contributed by atoms with Gasteiger partial charge < -0.3 is 4.43 Å². The minimum Gasteiger partial charge on any atom is -0.411 e. The molecule has 0 aromatic carbocycles. The van der Waals surface area contributed by atoms with Crippen molar-refractivity contribution in [1.29, 1.82) is 0 Å². The minimum absolute atomic E-state index is 0.213. The van der Waals surface area contributed by atoms with E-state index in [1.807, 2.05) is 0 Å². The third-order valence-corrected chi connectivity index (χ3v) is 9.72. The summed E-state index contributed by atoms with van der Waals surface area (Å²) in [5.74, 6) is 0.901. The van der Waals surface area contributed by atoms with Crippen molar-refractivity contribution in [2.24, 2.45) is 5.92 Å². The van der Waals surface area contributed by atoms with Crippen molar-refractivity contribution in [3.8, 4) is 0 Å². The Morgan fingerprint density at radius 3 is 2.06 bits per heavy atom. The fourth-order valence-corrected chi connectivity index (χ4v) is 4.54. The third-order valence-electron chi connectivity index (χ3n) is 5.17. The summed E-state index contributed by atoms with van der Waals surface area (Å²) in [6.45, 7) is 16.6. The molecule has 1 fully saturated rings. The first-order valence-corrected chi connectivity index (χ1v) is 10.7. The van der Waals surface area contributed by atoms with Gasteiger partial charge in [-0.1, -0.05) is 41.0 Å². The molecule has 0 heterocycles. The molecular formula is C16H34OSi. The highest BCUT2D eigenvalue weighted by molar-refractivity contribution is 6.74. The molecule has 0 radical (unpaired) electrons. The maximum absolute atomic E-state index is 6.86. The highest BCUT2D eigenvalue weighted by Crippen LogP contribution is 2.45. The van der Waals surface area contributed by atoms with E-state index >= 15 is 0 Å². The van der Waals surface area contributed by atoms with Crippen LogP contribution in [0.4, 0.5) is 0 Å². The van der Waals surface area contributed by atoms with Crippen LogP contribution in [0.3, 0.4) is 0 Å². The van der Waals surface area contributed by atoms with Gasteiger partial charge in [0.1, 0.15) is 0 Å². The lowest BCUT2D eigenvalue weighted by atomic mass is 9.77. The standard InChI is InChI=1S/C16H34OSi/c1-8-11-16(12-9-14(2)10-13-16)17-18(6,7)15(3,4)5/h14H,8-13H2,1-7H3. The number of rotatable bonds is 4. The predicted molar refractivity (Wildman–Crippen MR) is 83.6 cm³/mol. The average molecular weight is 271 g/mol. The van der Waals surface area contributed by atoms with Crippen molar-refractivity contribution in [1.82, 2.24) is 0 Å². The second-order valence-corrected chi connectivity index (χ2v) is 12.7. The summed E-state index contributed by atoms with van der Waals surface area (Å²) >= 11 is 0. The van der Waals surface area contributed by atoms with E-state index in [2.05, 4.69) is 47.7 Å². The van der Waals surface area contributed by atoms with Gasteiger partial charge in [-0.25, -0.2) is 0 Å². The average Bonchev–Trinajstić information content (AvgIpc) is 2.21. The van der Waals surface area contributed by atoms with Gasteiger partial charge in [0.25, 0.3) is 0 Å². The first-order valence-electron chi connectivity index (χ1n) is 7.82. The van der Waals surface area contributed by atoms with Gasteiger partial charge in [0, 0.05) is 0 Å². The summed E-state index contributed by atoms with van der Waals surface area (Å²) in [6, 6.07) is 0. The van der Waals surface area contributed by atoms with Gasteiger partial charge >= 0.3 is 0 Å². The molecule has 0 aromatic rings. The van der Waals surface area contributed by atoms with Crippen LogP contribution >= 0.6 is 0 Å². The molecule has 0 aromatic heterocycles. The Labute approximate surface area is 116 Å². The highest BCUT2D eigenvalue weighted by Gasteiger charge is 2.45. The Balaban J connectivity index is 2.80. The summed E-state index contributed by atoms with van der Waals surface area (Å²) in [7, 11) is -1.62. The molecule has 0 aliphatic heterocycles. The van der Waals surface area contributed by atoms with E-state index in [-0.39, 0.29) is 5.60 Å². The normalized spacial score (nSPS) is 30.5. The van der Waals surface area contributed by atoms with Crippen LogP contribution in [0.5, 0.6) is 0 Å². The molecule has 0 spiro atoms. The van der Waals surface area contributed by atoms with E-state index < -0.39 is 8.32 Å². The zero-order chi connectivity index (χ0) is 14.0. The first kappa shape index (κ1) is 16.2. The topological polar surface area (TPSA) is 9.23 Å². The van der Waals surface area contributed by atoms with Gasteiger partial charge in [0.05, 0.1) is 5.60 Å². The van der Waals surface area contributed by atoms with Gasteiger partial charge in [-0.05, 0) is 56.2 Å². The van der Waals surface area contributed by atoms with E-state index in [4.69, 9.17) is 4.43 Å². The van der Waals surface area contributed by atoms with Crippen molar-refractivity contribution in [2.45, 2.75) is 96.9 Å². The fourth-order valence-electron chi connectivity index (χ4n) is 2.84. The molecule has 1 nitrogen and oxygen atoms in total. The molecule has 0 bridgehead atoms. The first-order chi connectivity index (χ1) is 8.12. The molecule has 2 heteroatoms. The van der Waals surface area contributed by atoms with Gasteiger partial charge in [-0.3, -0.25) is 0 Å². The molecule has 0 unspecified atom stereocenters. The molecule has 1 aliphatic rings. The second-order valence-electron chi connectivity index (χ2n) is 7.98. The molecule has 0 atom stereocenters. The van der Waals surface area contributed by atoms with E-state index in [9.17, 15) is 0 Å². The third kappa shape index (κ3) is 3.83. The Kier molecular flexibility index (Phi) is 5.11. The highest BCUT2D eigenvalue weighted by atomic mass is 28.4. The quantitative estimate of drug-likeness (QED) is 0.590.